The fourth-order valence-corrected chi connectivity index (χ4v) is 3.92. The van der Waals surface area contributed by atoms with E-state index in [9.17, 15) is 13.2 Å². The van der Waals surface area contributed by atoms with Gasteiger partial charge in [0, 0.05) is 31.1 Å². The van der Waals surface area contributed by atoms with E-state index in [1.807, 2.05) is 17.5 Å². The number of aryl methyl sites for hydroxylation is 2. The van der Waals surface area contributed by atoms with E-state index < -0.39 is 10.0 Å². The van der Waals surface area contributed by atoms with Gasteiger partial charge in [-0.25, -0.2) is 12.7 Å². The predicted molar refractivity (Wildman–Crippen MR) is 93.3 cm³/mol. The Kier molecular flexibility index (Phi) is 5.56. The van der Waals surface area contributed by atoms with Gasteiger partial charge < -0.3 is 5.32 Å². The molecule has 5 nitrogen and oxygen atoms in total. The third-order valence-corrected chi connectivity index (χ3v) is 6.30. The molecule has 124 valence electrons. The number of amides is 1. The fourth-order valence-electron chi connectivity index (χ4n) is 2.07. The van der Waals surface area contributed by atoms with E-state index in [2.05, 4.69) is 5.32 Å². The van der Waals surface area contributed by atoms with Crippen LogP contribution in [0.15, 0.2) is 40.6 Å². The molecule has 23 heavy (non-hydrogen) atoms. The van der Waals surface area contributed by atoms with Gasteiger partial charge in [-0.2, -0.15) is 0 Å². The zero-order valence-corrected chi connectivity index (χ0v) is 15.0. The van der Waals surface area contributed by atoms with Crippen molar-refractivity contribution in [2.24, 2.45) is 0 Å². The third-order valence-electron chi connectivity index (χ3n) is 3.41. The van der Waals surface area contributed by atoms with E-state index in [1.54, 1.807) is 30.4 Å². The van der Waals surface area contributed by atoms with Crippen molar-refractivity contribution in [2.75, 3.05) is 19.4 Å². The van der Waals surface area contributed by atoms with Crippen molar-refractivity contribution in [2.45, 2.75) is 24.7 Å². The van der Waals surface area contributed by atoms with Gasteiger partial charge in [-0.1, -0.05) is 12.1 Å². The van der Waals surface area contributed by atoms with Crippen LogP contribution in [0, 0.1) is 6.92 Å². The van der Waals surface area contributed by atoms with Crippen molar-refractivity contribution >= 4 is 33.0 Å². The minimum Gasteiger partial charge on any atom is -0.326 e. The zero-order chi connectivity index (χ0) is 17.0. The summed E-state index contributed by atoms with van der Waals surface area (Å²) in [5.74, 6) is -0.129. The van der Waals surface area contributed by atoms with Crippen molar-refractivity contribution < 1.29 is 13.2 Å². The summed E-state index contributed by atoms with van der Waals surface area (Å²) in [5.41, 5.74) is 1.14. The minimum atomic E-state index is -3.53. The molecule has 1 aromatic carbocycles. The van der Waals surface area contributed by atoms with Crippen molar-refractivity contribution in [3.63, 3.8) is 0 Å². The fraction of sp³-hybridized carbons (Fsp3) is 0.312. The number of carbonyl (C=O) groups excluding carboxylic acids is 1. The van der Waals surface area contributed by atoms with Gasteiger partial charge in [0.2, 0.25) is 15.9 Å². The summed E-state index contributed by atoms with van der Waals surface area (Å²) in [4.78, 5) is 13.4. The molecule has 0 aliphatic rings. The van der Waals surface area contributed by atoms with Crippen molar-refractivity contribution in [1.82, 2.24) is 4.31 Å². The second-order valence-corrected chi connectivity index (χ2v) is 8.55. The normalized spacial score (nSPS) is 11.7. The van der Waals surface area contributed by atoms with Crippen molar-refractivity contribution in [3.05, 3.63) is 46.2 Å². The molecule has 0 spiro atoms. The number of thiophene rings is 1. The van der Waals surface area contributed by atoms with Gasteiger partial charge in [0.15, 0.2) is 0 Å². The Balaban J connectivity index is 2.10. The number of nitrogens with zero attached hydrogens (tertiary/aromatic N) is 1. The number of anilines is 1. The average Bonchev–Trinajstić information content (AvgIpc) is 3.00. The maximum absolute atomic E-state index is 12.3. The van der Waals surface area contributed by atoms with Gasteiger partial charge in [0.05, 0.1) is 4.90 Å². The number of hydrogen-bond acceptors (Lipinski definition) is 4. The van der Waals surface area contributed by atoms with E-state index >= 15 is 0 Å². The molecule has 1 amide bonds. The molecule has 0 unspecified atom stereocenters. The number of hydrogen-bond donors (Lipinski definition) is 1. The third kappa shape index (κ3) is 4.40. The summed E-state index contributed by atoms with van der Waals surface area (Å²) in [5, 5.41) is 4.74. The Hall–Kier alpha value is -1.70. The molecule has 0 saturated heterocycles. The van der Waals surface area contributed by atoms with Crippen LogP contribution in [0.1, 0.15) is 16.9 Å². The molecule has 0 bridgehead atoms. The highest BCUT2D eigenvalue weighted by Gasteiger charge is 2.20. The first-order valence-corrected chi connectivity index (χ1v) is 9.48. The largest absolute Gasteiger partial charge is 0.326 e. The number of benzene rings is 1. The van der Waals surface area contributed by atoms with Crippen LogP contribution in [0.5, 0.6) is 0 Å². The van der Waals surface area contributed by atoms with E-state index in [0.717, 1.165) is 9.18 Å². The Morgan fingerprint density at radius 3 is 2.61 bits per heavy atom. The predicted octanol–water partition coefficient (Wildman–Crippen LogP) is 2.88. The summed E-state index contributed by atoms with van der Waals surface area (Å²) in [6, 6.07) is 8.87. The minimum absolute atomic E-state index is 0.129. The number of nitrogens with one attached hydrogen (secondary N) is 1. The highest BCUT2D eigenvalue weighted by molar-refractivity contribution is 7.89. The second-order valence-electron chi connectivity index (χ2n) is 5.40. The Morgan fingerprint density at radius 1 is 1.26 bits per heavy atom. The summed E-state index contributed by atoms with van der Waals surface area (Å²) < 4.78 is 25.7. The molecule has 2 rings (SSSR count). The molecule has 7 heteroatoms. The molecule has 0 fully saturated rings. The topological polar surface area (TPSA) is 66.5 Å². The Morgan fingerprint density at radius 2 is 2.00 bits per heavy atom. The van der Waals surface area contributed by atoms with Crippen LogP contribution in [0.3, 0.4) is 0 Å². The molecule has 0 aliphatic heterocycles. The van der Waals surface area contributed by atoms with Crippen LogP contribution in [0.2, 0.25) is 0 Å². The molecule has 1 aromatic heterocycles. The lowest BCUT2D eigenvalue weighted by Crippen LogP contribution is -2.23. The molecule has 0 atom stereocenters. The molecule has 0 saturated carbocycles. The zero-order valence-electron chi connectivity index (χ0n) is 13.4. The lowest BCUT2D eigenvalue weighted by atomic mass is 10.2. The van der Waals surface area contributed by atoms with Crippen molar-refractivity contribution in [1.29, 1.82) is 0 Å². The van der Waals surface area contributed by atoms with Gasteiger partial charge in [-0.3, -0.25) is 4.79 Å². The van der Waals surface area contributed by atoms with Crippen LogP contribution < -0.4 is 5.32 Å². The highest BCUT2D eigenvalue weighted by Crippen LogP contribution is 2.22. The summed E-state index contributed by atoms with van der Waals surface area (Å²) >= 11 is 1.62. The van der Waals surface area contributed by atoms with Crippen molar-refractivity contribution in [3.8, 4) is 0 Å². The first-order chi connectivity index (χ1) is 10.8. The van der Waals surface area contributed by atoms with Gasteiger partial charge in [0.25, 0.3) is 0 Å². The van der Waals surface area contributed by atoms with E-state index in [4.69, 9.17) is 0 Å². The smallest absolute Gasteiger partial charge is 0.242 e. The number of carbonyl (C=O) groups is 1. The van der Waals surface area contributed by atoms with E-state index in [-0.39, 0.29) is 10.8 Å². The summed E-state index contributed by atoms with van der Waals surface area (Å²) in [6.07, 6.45) is 1.04. The lowest BCUT2D eigenvalue weighted by molar-refractivity contribution is -0.116. The molecular weight excluding hydrogens is 332 g/mol. The van der Waals surface area contributed by atoms with Gasteiger partial charge in [0.1, 0.15) is 0 Å². The number of rotatable bonds is 6. The molecule has 1 heterocycles. The molecular formula is C16H20N2O3S2. The monoisotopic (exact) mass is 352 g/mol. The lowest BCUT2D eigenvalue weighted by Gasteiger charge is -2.15. The van der Waals surface area contributed by atoms with Crippen LogP contribution in [-0.2, 0) is 21.2 Å². The van der Waals surface area contributed by atoms with Crippen LogP contribution in [-0.4, -0.2) is 32.7 Å². The van der Waals surface area contributed by atoms with Crippen LogP contribution in [0.4, 0.5) is 5.69 Å². The highest BCUT2D eigenvalue weighted by atomic mass is 32.2. The van der Waals surface area contributed by atoms with E-state index in [0.29, 0.717) is 24.1 Å². The summed E-state index contributed by atoms with van der Waals surface area (Å²) in [6.45, 7) is 1.73. The Bertz CT molecular complexity index is 782. The maximum Gasteiger partial charge on any atom is 0.242 e. The molecule has 0 aliphatic carbocycles. The second kappa shape index (κ2) is 7.25. The molecule has 0 radical (unpaired) electrons. The first-order valence-electron chi connectivity index (χ1n) is 7.16. The first kappa shape index (κ1) is 17.7. The molecule has 2 aromatic rings. The number of sulfonamides is 1. The maximum atomic E-state index is 12.3. The van der Waals surface area contributed by atoms with Gasteiger partial charge >= 0.3 is 0 Å². The standard InChI is InChI=1S/C16H20N2O3S2/c1-12-6-7-13(11-15(12)23(20,21)18(2)3)17-16(19)9-8-14-5-4-10-22-14/h4-7,10-11H,8-9H2,1-3H3,(H,17,19). The average molecular weight is 352 g/mol. The van der Waals surface area contributed by atoms with Gasteiger partial charge in [-0.15, -0.1) is 11.3 Å². The van der Waals surface area contributed by atoms with Gasteiger partial charge in [-0.05, 0) is 42.5 Å². The van der Waals surface area contributed by atoms with E-state index in [1.165, 1.54) is 20.2 Å². The van der Waals surface area contributed by atoms with Crippen LogP contribution in [0.25, 0.3) is 0 Å². The molecule has 1 N–H and O–H groups in total. The van der Waals surface area contributed by atoms with Crippen LogP contribution >= 0.6 is 11.3 Å². The summed E-state index contributed by atoms with van der Waals surface area (Å²) in [7, 11) is -0.556. The Labute approximate surface area is 141 Å². The SMILES string of the molecule is Cc1ccc(NC(=O)CCc2cccs2)cc1S(=O)(=O)N(C)C. The quantitative estimate of drug-likeness (QED) is 0.869.